The van der Waals surface area contributed by atoms with Crippen LogP contribution in [0.4, 0.5) is 18.9 Å². The lowest BCUT2D eigenvalue weighted by molar-refractivity contribution is -0.138. The van der Waals surface area contributed by atoms with Crippen molar-refractivity contribution in [2.24, 2.45) is 13.0 Å². The number of ether oxygens (including phenoxy) is 1. The predicted molar refractivity (Wildman–Crippen MR) is 137 cm³/mol. The number of nitrogens with one attached hydrogen (secondary N) is 1. The highest BCUT2D eigenvalue weighted by molar-refractivity contribution is 6.10. The molecule has 1 aliphatic heterocycles. The van der Waals surface area contributed by atoms with Gasteiger partial charge in [0.25, 0.3) is 5.91 Å². The Bertz CT molecular complexity index is 1460. The van der Waals surface area contributed by atoms with Gasteiger partial charge in [-0.1, -0.05) is 12.1 Å². The van der Waals surface area contributed by atoms with Crippen LogP contribution in [-0.4, -0.2) is 39.4 Å². The summed E-state index contributed by atoms with van der Waals surface area (Å²) in [6, 6.07) is 10.4. The van der Waals surface area contributed by atoms with Gasteiger partial charge in [-0.3, -0.25) is 4.79 Å². The number of carbonyl (C=O) groups is 1. The molecule has 5 aliphatic rings. The number of anilines is 1. The highest BCUT2D eigenvalue weighted by atomic mass is 19.4. The van der Waals surface area contributed by atoms with Crippen molar-refractivity contribution in [1.29, 1.82) is 0 Å². The number of rotatable bonds is 7. The number of fused-ring (bicyclic) bond motifs is 1. The standard InChI is InChI=1S/C29H30F3N5O2/c1-36-16-34-35-26(36)28(12-21(13-28)39-2)19-4-3-5-20(8-19)37-15-23-22(25(37)38)6-17(7-24(23)29(30,31)32)14-33-27-9-18(10-27)11-27/h3-8,16,18,21,33H,9-15H2,1-2H3/t18?,21-,27?,28-. The summed E-state index contributed by atoms with van der Waals surface area (Å²) in [7, 11) is 3.57. The zero-order valence-corrected chi connectivity index (χ0v) is 21.9. The lowest BCUT2D eigenvalue weighted by Gasteiger charge is -2.62. The Labute approximate surface area is 224 Å². The first-order valence-electron chi connectivity index (χ1n) is 13.4. The van der Waals surface area contributed by atoms with E-state index in [1.807, 2.05) is 29.8 Å². The summed E-state index contributed by atoms with van der Waals surface area (Å²) in [5.74, 6) is 1.16. The number of aromatic nitrogens is 3. The summed E-state index contributed by atoms with van der Waals surface area (Å²) in [4.78, 5) is 15.1. The van der Waals surface area contributed by atoms with E-state index in [9.17, 15) is 18.0 Å². The molecule has 4 fully saturated rings. The molecular weight excluding hydrogens is 507 g/mol. The fourth-order valence-corrected chi connectivity index (χ4v) is 7.14. The van der Waals surface area contributed by atoms with Crippen molar-refractivity contribution in [2.45, 2.75) is 68.4 Å². The first kappa shape index (κ1) is 24.8. The van der Waals surface area contributed by atoms with Gasteiger partial charge in [0.05, 0.1) is 23.6 Å². The molecule has 2 bridgehead atoms. The molecule has 0 saturated heterocycles. The lowest BCUT2D eigenvalue weighted by atomic mass is 9.50. The van der Waals surface area contributed by atoms with E-state index in [0.29, 0.717) is 30.6 Å². The van der Waals surface area contributed by atoms with Gasteiger partial charge in [-0.2, -0.15) is 13.2 Å². The molecule has 0 unspecified atom stereocenters. The van der Waals surface area contributed by atoms with Gasteiger partial charge >= 0.3 is 6.18 Å². The Hall–Kier alpha value is -3.24. The molecule has 7 nitrogen and oxygen atoms in total. The van der Waals surface area contributed by atoms with Crippen LogP contribution < -0.4 is 10.2 Å². The van der Waals surface area contributed by atoms with Crippen LogP contribution in [0.1, 0.15) is 70.5 Å². The van der Waals surface area contributed by atoms with Crippen molar-refractivity contribution >= 4 is 11.6 Å². The number of hydrogen-bond donors (Lipinski definition) is 1. The van der Waals surface area contributed by atoms with E-state index >= 15 is 0 Å². The van der Waals surface area contributed by atoms with E-state index in [0.717, 1.165) is 36.6 Å². The molecule has 3 aromatic rings. The Kier molecular flexibility index (Phi) is 5.32. The van der Waals surface area contributed by atoms with Crippen LogP contribution >= 0.6 is 0 Å². The lowest BCUT2D eigenvalue weighted by Crippen LogP contribution is -2.66. The van der Waals surface area contributed by atoms with Gasteiger partial charge < -0.3 is 19.5 Å². The average Bonchev–Trinajstić information content (AvgIpc) is 3.40. The Morgan fingerprint density at radius 1 is 1.13 bits per heavy atom. The van der Waals surface area contributed by atoms with Gasteiger partial charge in [0.2, 0.25) is 0 Å². The number of alkyl halides is 3. The fourth-order valence-electron chi connectivity index (χ4n) is 7.14. The maximum absolute atomic E-state index is 14.2. The van der Waals surface area contributed by atoms with Crippen LogP contribution in [0.2, 0.25) is 0 Å². The quantitative estimate of drug-likeness (QED) is 0.472. The topological polar surface area (TPSA) is 72.3 Å². The molecule has 0 spiro atoms. The molecule has 1 N–H and O–H groups in total. The third kappa shape index (κ3) is 3.75. The number of amides is 1. The molecule has 4 aliphatic carbocycles. The summed E-state index contributed by atoms with van der Waals surface area (Å²) in [6.07, 6.45) is 1.84. The summed E-state index contributed by atoms with van der Waals surface area (Å²) >= 11 is 0. The second-order valence-corrected chi connectivity index (χ2v) is 11.8. The maximum Gasteiger partial charge on any atom is 0.416 e. The van der Waals surface area contributed by atoms with Gasteiger partial charge in [-0.05, 0) is 79.0 Å². The molecule has 1 aromatic heterocycles. The normalized spacial score (nSPS) is 29.1. The third-order valence-electron chi connectivity index (χ3n) is 9.45. The van der Waals surface area contributed by atoms with E-state index in [4.69, 9.17) is 4.74 Å². The Balaban J connectivity index is 1.22. The zero-order valence-electron chi connectivity index (χ0n) is 21.9. The number of methoxy groups -OCH3 is 1. The van der Waals surface area contributed by atoms with Crippen molar-refractivity contribution in [3.63, 3.8) is 0 Å². The molecular formula is C29H30F3N5O2. The van der Waals surface area contributed by atoms with Crippen LogP contribution in [0.25, 0.3) is 0 Å². The maximum atomic E-state index is 14.2. The van der Waals surface area contributed by atoms with Crippen molar-refractivity contribution < 1.29 is 22.7 Å². The van der Waals surface area contributed by atoms with Crippen LogP contribution in [0.5, 0.6) is 0 Å². The number of nitrogens with zero attached hydrogens (tertiary/aromatic N) is 4. The molecule has 2 heterocycles. The van der Waals surface area contributed by atoms with Crippen molar-refractivity contribution in [3.8, 4) is 0 Å². The van der Waals surface area contributed by atoms with E-state index in [1.165, 1.54) is 11.0 Å². The second-order valence-electron chi connectivity index (χ2n) is 11.8. The number of hydrogen-bond acceptors (Lipinski definition) is 5. The number of aryl methyl sites for hydroxylation is 1. The smallest absolute Gasteiger partial charge is 0.381 e. The molecule has 204 valence electrons. The highest BCUT2D eigenvalue weighted by Gasteiger charge is 2.56. The summed E-state index contributed by atoms with van der Waals surface area (Å²) in [5.41, 5.74) is 1.09. The monoisotopic (exact) mass is 537 g/mol. The van der Waals surface area contributed by atoms with Gasteiger partial charge in [0.15, 0.2) is 0 Å². The molecule has 10 heteroatoms. The average molecular weight is 538 g/mol. The number of carbonyl (C=O) groups excluding carboxylic acids is 1. The van der Waals surface area contributed by atoms with E-state index in [2.05, 4.69) is 15.5 Å². The Morgan fingerprint density at radius 3 is 2.51 bits per heavy atom. The van der Waals surface area contributed by atoms with Crippen LogP contribution in [0.15, 0.2) is 42.7 Å². The predicted octanol–water partition coefficient (Wildman–Crippen LogP) is 4.73. The largest absolute Gasteiger partial charge is 0.416 e. The van der Waals surface area contributed by atoms with Crippen LogP contribution in [0, 0.1) is 5.92 Å². The molecule has 39 heavy (non-hydrogen) atoms. The number of halogens is 3. The minimum Gasteiger partial charge on any atom is -0.381 e. The number of benzene rings is 2. The van der Waals surface area contributed by atoms with Crippen LogP contribution in [-0.2, 0) is 36.5 Å². The SMILES string of the molecule is CO[C@H]1C[C@](c2cccc(N3Cc4c(cc(CNC56CC(C5)C6)cc4C(F)(F)F)C3=O)c2)(c2nncn2C)C1. The Morgan fingerprint density at radius 2 is 1.90 bits per heavy atom. The second kappa shape index (κ2) is 8.38. The van der Waals surface area contributed by atoms with Gasteiger partial charge in [-0.25, -0.2) is 0 Å². The summed E-state index contributed by atoms with van der Waals surface area (Å²) in [5, 5.41) is 11.9. The molecule has 0 atom stereocenters. The van der Waals surface area contributed by atoms with Gasteiger partial charge in [0, 0.05) is 37.5 Å². The highest BCUT2D eigenvalue weighted by Crippen LogP contribution is 2.57. The zero-order chi connectivity index (χ0) is 27.2. The van der Waals surface area contributed by atoms with E-state index in [1.54, 1.807) is 25.6 Å². The third-order valence-corrected chi connectivity index (χ3v) is 9.45. The van der Waals surface area contributed by atoms with Crippen molar-refractivity contribution in [1.82, 2.24) is 20.1 Å². The molecule has 8 rings (SSSR count). The van der Waals surface area contributed by atoms with E-state index in [-0.39, 0.29) is 29.3 Å². The first-order chi connectivity index (χ1) is 18.6. The van der Waals surface area contributed by atoms with Gasteiger partial charge in [-0.15, -0.1) is 10.2 Å². The summed E-state index contributed by atoms with van der Waals surface area (Å²) < 4.78 is 50.1. The minimum absolute atomic E-state index is 0.0401. The van der Waals surface area contributed by atoms with Crippen molar-refractivity contribution in [2.75, 3.05) is 12.0 Å². The summed E-state index contributed by atoms with van der Waals surface area (Å²) in [6.45, 7) is 0.205. The van der Waals surface area contributed by atoms with Crippen molar-refractivity contribution in [3.05, 3.63) is 76.4 Å². The fraction of sp³-hybridized carbons (Fsp3) is 0.483. The van der Waals surface area contributed by atoms with Crippen LogP contribution in [0.3, 0.4) is 0 Å². The van der Waals surface area contributed by atoms with Gasteiger partial charge in [0.1, 0.15) is 12.2 Å². The molecule has 0 radical (unpaired) electrons. The molecule has 4 saturated carbocycles. The van der Waals surface area contributed by atoms with E-state index < -0.39 is 23.1 Å². The first-order valence-corrected chi connectivity index (χ1v) is 13.4. The minimum atomic E-state index is -4.55. The molecule has 1 amide bonds. The molecule has 2 aromatic carbocycles.